The van der Waals surface area contributed by atoms with Gasteiger partial charge < -0.3 is 10.1 Å². The molecular weight excluding hydrogens is 434 g/mol. The van der Waals surface area contributed by atoms with Crippen molar-refractivity contribution in [3.8, 4) is 5.69 Å². The predicted octanol–water partition coefficient (Wildman–Crippen LogP) is 3.79. The number of amides is 1. The van der Waals surface area contributed by atoms with E-state index in [2.05, 4.69) is 20.4 Å². The van der Waals surface area contributed by atoms with E-state index < -0.39 is 0 Å². The summed E-state index contributed by atoms with van der Waals surface area (Å²) in [7, 11) is 0. The first kappa shape index (κ1) is 21.8. The highest BCUT2D eigenvalue weighted by Crippen LogP contribution is 2.25. The lowest BCUT2D eigenvalue weighted by Gasteiger charge is -2.26. The van der Waals surface area contributed by atoms with Gasteiger partial charge in [0.1, 0.15) is 0 Å². The molecule has 3 aromatic rings. The Morgan fingerprint density at radius 1 is 1.13 bits per heavy atom. The molecule has 2 heterocycles. The number of carbonyl (C=O) groups is 1. The minimum absolute atomic E-state index is 0.0836. The summed E-state index contributed by atoms with van der Waals surface area (Å²) in [6.07, 6.45) is 0. The van der Waals surface area contributed by atoms with E-state index in [4.69, 9.17) is 16.3 Å². The average Bonchev–Trinajstić information content (AvgIpc) is 3.17. The van der Waals surface area contributed by atoms with E-state index in [1.807, 2.05) is 60.0 Å². The normalized spacial score (nSPS) is 14.5. The molecule has 1 aliphatic heterocycles. The second kappa shape index (κ2) is 10.3. The van der Waals surface area contributed by atoms with Crippen molar-refractivity contribution in [2.75, 3.05) is 37.4 Å². The van der Waals surface area contributed by atoms with E-state index in [0.29, 0.717) is 16.7 Å². The lowest BCUT2D eigenvalue weighted by atomic mass is 10.2. The number of carbonyl (C=O) groups excluding carboxylic acids is 1. The summed E-state index contributed by atoms with van der Waals surface area (Å²) in [5.41, 5.74) is 2.76. The van der Waals surface area contributed by atoms with Gasteiger partial charge in [-0.3, -0.25) is 14.3 Å². The van der Waals surface area contributed by atoms with Gasteiger partial charge in [-0.1, -0.05) is 41.6 Å². The van der Waals surface area contributed by atoms with Gasteiger partial charge in [0.2, 0.25) is 5.91 Å². The molecule has 1 fully saturated rings. The molecule has 2 aromatic carbocycles. The number of anilines is 1. The zero-order chi connectivity index (χ0) is 21.6. The molecule has 1 aromatic heterocycles. The Morgan fingerprint density at radius 3 is 2.61 bits per heavy atom. The lowest BCUT2D eigenvalue weighted by molar-refractivity contribution is -0.113. The number of benzene rings is 2. The molecule has 4 rings (SSSR count). The molecule has 31 heavy (non-hydrogen) atoms. The quantitative estimate of drug-likeness (QED) is 0.544. The monoisotopic (exact) mass is 457 g/mol. The van der Waals surface area contributed by atoms with Crippen LogP contribution >= 0.6 is 23.4 Å². The van der Waals surface area contributed by atoms with Gasteiger partial charge in [-0.2, -0.15) is 0 Å². The molecule has 0 unspecified atom stereocenters. The van der Waals surface area contributed by atoms with Crippen molar-refractivity contribution in [3.05, 3.63) is 64.9 Å². The number of thioether (sulfide) groups is 1. The Hall–Kier alpha value is -2.39. The zero-order valence-corrected chi connectivity index (χ0v) is 18.8. The minimum Gasteiger partial charge on any atom is -0.379 e. The molecule has 0 spiro atoms. The van der Waals surface area contributed by atoms with E-state index in [-0.39, 0.29) is 11.7 Å². The second-order valence-electron chi connectivity index (χ2n) is 7.25. The number of aromatic nitrogens is 3. The molecule has 0 bridgehead atoms. The molecule has 7 nitrogen and oxygen atoms in total. The Morgan fingerprint density at radius 2 is 1.87 bits per heavy atom. The van der Waals surface area contributed by atoms with Crippen LogP contribution in [0.4, 0.5) is 5.69 Å². The maximum absolute atomic E-state index is 12.5. The van der Waals surface area contributed by atoms with Crippen molar-refractivity contribution >= 4 is 35.0 Å². The van der Waals surface area contributed by atoms with E-state index in [1.54, 1.807) is 0 Å². The maximum Gasteiger partial charge on any atom is 0.234 e. The number of aryl methyl sites for hydroxylation is 1. The summed E-state index contributed by atoms with van der Waals surface area (Å²) >= 11 is 7.44. The first-order chi connectivity index (χ1) is 15.1. The second-order valence-corrected chi connectivity index (χ2v) is 8.63. The van der Waals surface area contributed by atoms with Crippen LogP contribution in [-0.2, 0) is 16.1 Å². The fourth-order valence-corrected chi connectivity index (χ4v) is 4.23. The Labute approximate surface area is 190 Å². The highest BCUT2D eigenvalue weighted by atomic mass is 35.5. The SMILES string of the molecule is Cc1ccccc1NC(=O)CSc1nnc(CN2CCOCC2)n1-c1ccc(Cl)cc1. The van der Waals surface area contributed by atoms with Crippen LogP contribution in [0.25, 0.3) is 5.69 Å². The van der Waals surface area contributed by atoms with E-state index in [1.165, 1.54) is 11.8 Å². The number of morpholine rings is 1. The van der Waals surface area contributed by atoms with Crippen molar-refractivity contribution in [2.45, 2.75) is 18.6 Å². The predicted molar refractivity (Wildman–Crippen MR) is 123 cm³/mol. The third kappa shape index (κ3) is 5.65. The third-order valence-electron chi connectivity index (χ3n) is 5.01. The zero-order valence-electron chi connectivity index (χ0n) is 17.3. The van der Waals surface area contributed by atoms with Gasteiger partial charge in [0, 0.05) is 29.5 Å². The molecule has 1 N–H and O–H groups in total. The summed E-state index contributed by atoms with van der Waals surface area (Å²) in [5, 5.41) is 13.1. The molecule has 9 heteroatoms. The van der Waals surface area contributed by atoms with E-state index >= 15 is 0 Å². The van der Waals surface area contributed by atoms with Crippen LogP contribution in [0, 0.1) is 6.92 Å². The Balaban J connectivity index is 1.51. The summed E-state index contributed by atoms with van der Waals surface area (Å²) in [4.78, 5) is 14.8. The van der Waals surface area contributed by atoms with Crippen LogP contribution in [-0.4, -0.2) is 57.6 Å². The smallest absolute Gasteiger partial charge is 0.234 e. The molecule has 1 aliphatic rings. The fourth-order valence-electron chi connectivity index (χ4n) is 3.33. The van der Waals surface area contributed by atoms with E-state index in [9.17, 15) is 4.79 Å². The third-order valence-corrected chi connectivity index (χ3v) is 6.19. The standard InChI is InChI=1S/C22H24ClN5O2S/c1-16-4-2-3-5-19(16)24-21(29)15-31-22-26-25-20(14-27-10-12-30-13-11-27)28(22)18-8-6-17(23)7-9-18/h2-9H,10-15H2,1H3,(H,24,29). The van der Waals surface area contributed by atoms with Crippen LogP contribution in [0.1, 0.15) is 11.4 Å². The summed E-state index contributed by atoms with van der Waals surface area (Å²) < 4.78 is 7.44. The molecule has 0 atom stereocenters. The van der Waals surface area contributed by atoms with E-state index in [0.717, 1.165) is 49.1 Å². The van der Waals surface area contributed by atoms with Gasteiger partial charge in [-0.25, -0.2) is 0 Å². The molecule has 0 radical (unpaired) electrons. The number of hydrogen-bond acceptors (Lipinski definition) is 6. The van der Waals surface area contributed by atoms with Gasteiger partial charge >= 0.3 is 0 Å². The largest absolute Gasteiger partial charge is 0.379 e. The van der Waals surface area contributed by atoms with Crippen LogP contribution in [0.5, 0.6) is 0 Å². The van der Waals surface area contributed by atoms with Crippen molar-refractivity contribution in [2.24, 2.45) is 0 Å². The van der Waals surface area contributed by atoms with Gasteiger partial charge in [-0.15, -0.1) is 10.2 Å². The summed E-state index contributed by atoms with van der Waals surface area (Å²) in [5.74, 6) is 0.975. The van der Waals surface area contributed by atoms with Crippen LogP contribution in [0.2, 0.25) is 5.02 Å². The lowest BCUT2D eigenvalue weighted by Crippen LogP contribution is -2.36. The van der Waals surface area contributed by atoms with Crippen molar-refractivity contribution in [1.29, 1.82) is 0 Å². The van der Waals surface area contributed by atoms with Gasteiger partial charge in [-0.05, 0) is 42.8 Å². The molecule has 162 valence electrons. The number of nitrogens with one attached hydrogen (secondary N) is 1. The number of hydrogen-bond donors (Lipinski definition) is 1. The average molecular weight is 458 g/mol. The fraction of sp³-hybridized carbons (Fsp3) is 0.318. The van der Waals surface area contributed by atoms with Gasteiger partial charge in [0.05, 0.1) is 25.5 Å². The van der Waals surface area contributed by atoms with Crippen molar-refractivity contribution in [1.82, 2.24) is 19.7 Å². The van der Waals surface area contributed by atoms with Gasteiger partial charge in [0.25, 0.3) is 0 Å². The van der Waals surface area contributed by atoms with Crippen LogP contribution in [0.15, 0.2) is 53.7 Å². The number of rotatable bonds is 7. The van der Waals surface area contributed by atoms with Crippen molar-refractivity contribution in [3.63, 3.8) is 0 Å². The maximum atomic E-state index is 12.5. The first-order valence-electron chi connectivity index (χ1n) is 10.1. The summed E-state index contributed by atoms with van der Waals surface area (Å²) in [6.45, 7) is 5.78. The highest BCUT2D eigenvalue weighted by Gasteiger charge is 2.20. The minimum atomic E-state index is -0.0836. The molecule has 0 saturated carbocycles. The number of nitrogens with zero attached hydrogens (tertiary/aromatic N) is 4. The molecule has 1 amide bonds. The topological polar surface area (TPSA) is 72.3 Å². The Kier molecular flexibility index (Phi) is 7.24. The number of para-hydroxylation sites is 1. The summed E-state index contributed by atoms with van der Waals surface area (Å²) in [6, 6.07) is 15.3. The first-order valence-corrected chi connectivity index (χ1v) is 11.4. The van der Waals surface area contributed by atoms with Crippen LogP contribution < -0.4 is 5.32 Å². The molecular formula is C22H24ClN5O2S. The Bertz CT molecular complexity index is 1030. The molecule has 0 aliphatic carbocycles. The van der Waals surface area contributed by atoms with Crippen LogP contribution in [0.3, 0.4) is 0 Å². The number of halogens is 1. The highest BCUT2D eigenvalue weighted by molar-refractivity contribution is 7.99. The van der Waals surface area contributed by atoms with Crippen molar-refractivity contribution < 1.29 is 9.53 Å². The molecule has 1 saturated heterocycles. The van der Waals surface area contributed by atoms with Gasteiger partial charge in [0.15, 0.2) is 11.0 Å². The number of ether oxygens (including phenoxy) is 1.